The summed E-state index contributed by atoms with van der Waals surface area (Å²) in [6.07, 6.45) is -0.247. The molecule has 1 aromatic carbocycles. The zero-order chi connectivity index (χ0) is 20.8. The van der Waals surface area contributed by atoms with E-state index in [1.54, 1.807) is 52.0 Å². The summed E-state index contributed by atoms with van der Waals surface area (Å²) in [4.78, 5) is 39.5. The molecule has 150 valence electrons. The number of hydrogen-bond donors (Lipinski definition) is 3. The minimum atomic E-state index is -0.462. The number of rotatable bonds is 7. The van der Waals surface area contributed by atoms with Crippen LogP contribution in [0.5, 0.6) is 0 Å². The van der Waals surface area contributed by atoms with E-state index < -0.39 is 5.97 Å². The third-order valence-electron chi connectivity index (χ3n) is 4.01. The van der Waals surface area contributed by atoms with Crippen molar-refractivity contribution in [2.45, 2.75) is 33.8 Å². The molecule has 0 radical (unpaired) electrons. The minimum Gasteiger partial charge on any atom is -0.459 e. The topological polar surface area (TPSA) is 100 Å². The molecule has 0 bridgehead atoms. The van der Waals surface area contributed by atoms with E-state index in [1.807, 2.05) is 0 Å². The zero-order valence-electron chi connectivity index (χ0n) is 16.3. The Hall–Kier alpha value is -2.80. The number of aryl methyl sites for hydroxylation is 1. The molecule has 0 aliphatic carbocycles. The lowest BCUT2D eigenvalue weighted by Crippen LogP contribution is -2.35. The van der Waals surface area contributed by atoms with Crippen LogP contribution >= 0.6 is 11.6 Å². The number of hydrogen-bond acceptors (Lipinski definition) is 4. The highest BCUT2D eigenvalue weighted by Gasteiger charge is 2.23. The summed E-state index contributed by atoms with van der Waals surface area (Å²) in [5, 5.41) is 5.99. The third-order valence-corrected chi connectivity index (χ3v) is 4.27. The van der Waals surface area contributed by atoms with Gasteiger partial charge >= 0.3 is 5.97 Å². The second-order valence-electron chi connectivity index (χ2n) is 6.60. The molecule has 2 aromatic rings. The molecule has 1 aromatic heterocycles. The highest BCUT2D eigenvalue weighted by atomic mass is 35.5. The Labute approximate surface area is 168 Å². The Morgan fingerprint density at radius 3 is 2.18 bits per heavy atom. The second kappa shape index (κ2) is 9.41. The maximum atomic E-state index is 12.4. The number of amides is 2. The van der Waals surface area contributed by atoms with Gasteiger partial charge in [0, 0.05) is 29.4 Å². The van der Waals surface area contributed by atoms with Crippen LogP contribution < -0.4 is 10.6 Å². The van der Waals surface area contributed by atoms with Crippen LogP contribution in [-0.2, 0) is 4.74 Å². The van der Waals surface area contributed by atoms with Gasteiger partial charge < -0.3 is 20.4 Å². The first kappa shape index (κ1) is 21.5. The van der Waals surface area contributed by atoms with Crippen LogP contribution in [0.1, 0.15) is 56.3 Å². The summed E-state index contributed by atoms with van der Waals surface area (Å²) in [5.74, 6) is -1.07. The molecule has 2 rings (SSSR count). The molecule has 0 saturated heterocycles. The van der Waals surface area contributed by atoms with Crippen molar-refractivity contribution in [1.82, 2.24) is 15.6 Å². The van der Waals surface area contributed by atoms with Gasteiger partial charge in [0.25, 0.3) is 11.8 Å². The van der Waals surface area contributed by atoms with Crippen LogP contribution in [0.15, 0.2) is 24.3 Å². The molecule has 7 nitrogen and oxygen atoms in total. The Balaban J connectivity index is 1.90. The average Bonchev–Trinajstić information content (AvgIpc) is 2.92. The van der Waals surface area contributed by atoms with Crippen molar-refractivity contribution in [3.8, 4) is 0 Å². The van der Waals surface area contributed by atoms with Crippen LogP contribution in [0.25, 0.3) is 0 Å². The molecule has 0 aliphatic rings. The van der Waals surface area contributed by atoms with Gasteiger partial charge in [-0.2, -0.15) is 0 Å². The normalized spacial score (nSPS) is 10.6. The Morgan fingerprint density at radius 1 is 1.04 bits per heavy atom. The van der Waals surface area contributed by atoms with Gasteiger partial charge in [-0.3, -0.25) is 9.59 Å². The lowest BCUT2D eigenvalue weighted by Gasteiger charge is -2.09. The molecular formula is C20H24ClN3O4. The Kier molecular flexibility index (Phi) is 7.23. The highest BCUT2D eigenvalue weighted by molar-refractivity contribution is 6.30. The zero-order valence-corrected chi connectivity index (χ0v) is 17.1. The summed E-state index contributed by atoms with van der Waals surface area (Å²) in [6.45, 7) is 7.43. The first-order chi connectivity index (χ1) is 13.2. The molecule has 0 atom stereocenters. The molecule has 2 amide bonds. The minimum absolute atomic E-state index is 0.238. The molecule has 0 aliphatic heterocycles. The van der Waals surface area contributed by atoms with Crippen molar-refractivity contribution >= 4 is 29.4 Å². The number of carbonyl (C=O) groups is 3. The van der Waals surface area contributed by atoms with Crippen LogP contribution in [0.2, 0.25) is 5.02 Å². The molecule has 28 heavy (non-hydrogen) atoms. The van der Waals surface area contributed by atoms with E-state index in [0.29, 0.717) is 33.1 Å². The number of nitrogens with one attached hydrogen (secondary N) is 3. The van der Waals surface area contributed by atoms with E-state index in [4.69, 9.17) is 16.3 Å². The van der Waals surface area contributed by atoms with Crippen molar-refractivity contribution in [3.05, 3.63) is 57.4 Å². The van der Waals surface area contributed by atoms with Crippen molar-refractivity contribution in [2.24, 2.45) is 0 Å². The summed E-state index contributed by atoms with van der Waals surface area (Å²) < 4.78 is 5.22. The fourth-order valence-electron chi connectivity index (χ4n) is 2.70. The molecule has 0 fully saturated rings. The van der Waals surface area contributed by atoms with Gasteiger partial charge in [-0.15, -0.1) is 0 Å². The van der Waals surface area contributed by atoms with Gasteiger partial charge in [0.2, 0.25) is 0 Å². The molecular weight excluding hydrogens is 382 g/mol. The first-order valence-electron chi connectivity index (χ1n) is 8.92. The second-order valence-corrected chi connectivity index (χ2v) is 7.03. The standard InChI is InChI=1S/C20H24ClN3O4/c1-11(2)28-20(27)16-12(3)17(24-13(16)4)19(26)23-10-9-22-18(25)14-5-7-15(21)8-6-14/h5-8,11,24H,9-10H2,1-4H3,(H,22,25)(H,23,26). The third kappa shape index (κ3) is 5.36. The van der Waals surface area contributed by atoms with Gasteiger partial charge in [0.15, 0.2) is 0 Å². The molecule has 0 unspecified atom stereocenters. The first-order valence-corrected chi connectivity index (χ1v) is 9.30. The Morgan fingerprint density at radius 2 is 1.61 bits per heavy atom. The smallest absolute Gasteiger partial charge is 0.340 e. The van der Waals surface area contributed by atoms with Crippen LogP contribution in [-0.4, -0.2) is 42.0 Å². The number of carbonyl (C=O) groups excluding carboxylic acids is 3. The molecule has 0 saturated carbocycles. The summed E-state index contributed by atoms with van der Waals surface area (Å²) >= 11 is 5.79. The van der Waals surface area contributed by atoms with Crippen LogP contribution in [0.3, 0.4) is 0 Å². The van der Waals surface area contributed by atoms with Gasteiger partial charge in [-0.05, 0) is 57.5 Å². The number of aromatic nitrogens is 1. The summed E-state index contributed by atoms with van der Waals surface area (Å²) in [7, 11) is 0. The van der Waals surface area contributed by atoms with Crippen molar-refractivity contribution < 1.29 is 19.1 Å². The predicted molar refractivity (Wildman–Crippen MR) is 107 cm³/mol. The maximum Gasteiger partial charge on any atom is 0.340 e. The number of ether oxygens (including phenoxy) is 1. The fourth-order valence-corrected chi connectivity index (χ4v) is 2.83. The predicted octanol–water partition coefficient (Wildman–Crippen LogP) is 3.01. The number of benzene rings is 1. The average molecular weight is 406 g/mol. The van der Waals surface area contributed by atoms with E-state index in [-0.39, 0.29) is 31.0 Å². The number of H-pyrrole nitrogens is 1. The number of esters is 1. The van der Waals surface area contributed by atoms with Crippen LogP contribution in [0, 0.1) is 13.8 Å². The SMILES string of the molecule is Cc1[nH]c(C(=O)NCCNC(=O)c2ccc(Cl)cc2)c(C)c1C(=O)OC(C)C. The van der Waals surface area contributed by atoms with Crippen LogP contribution in [0.4, 0.5) is 0 Å². The molecule has 8 heteroatoms. The van der Waals surface area contributed by atoms with Crippen molar-refractivity contribution in [3.63, 3.8) is 0 Å². The summed E-state index contributed by atoms with van der Waals surface area (Å²) in [6, 6.07) is 6.52. The van der Waals surface area contributed by atoms with Crippen molar-refractivity contribution in [1.29, 1.82) is 0 Å². The lowest BCUT2D eigenvalue weighted by atomic mass is 10.1. The maximum absolute atomic E-state index is 12.4. The highest BCUT2D eigenvalue weighted by Crippen LogP contribution is 2.19. The van der Waals surface area contributed by atoms with Gasteiger partial charge in [0.1, 0.15) is 5.69 Å². The van der Waals surface area contributed by atoms with E-state index in [1.165, 1.54) is 0 Å². The molecule has 3 N–H and O–H groups in total. The number of halogens is 1. The van der Waals surface area contributed by atoms with Gasteiger partial charge in [-0.1, -0.05) is 11.6 Å². The van der Waals surface area contributed by atoms with Gasteiger partial charge in [-0.25, -0.2) is 4.79 Å². The monoisotopic (exact) mass is 405 g/mol. The Bertz CT molecular complexity index is 872. The molecule has 0 spiro atoms. The van der Waals surface area contributed by atoms with E-state index >= 15 is 0 Å². The molecule has 1 heterocycles. The van der Waals surface area contributed by atoms with Gasteiger partial charge in [0.05, 0.1) is 11.7 Å². The van der Waals surface area contributed by atoms with E-state index in [9.17, 15) is 14.4 Å². The quantitative estimate of drug-likeness (QED) is 0.487. The largest absolute Gasteiger partial charge is 0.459 e. The van der Waals surface area contributed by atoms with Crippen molar-refractivity contribution in [2.75, 3.05) is 13.1 Å². The van der Waals surface area contributed by atoms with E-state index in [0.717, 1.165) is 0 Å². The summed E-state index contributed by atoms with van der Waals surface area (Å²) in [5.41, 5.74) is 2.27. The lowest BCUT2D eigenvalue weighted by molar-refractivity contribution is 0.0376. The van der Waals surface area contributed by atoms with E-state index in [2.05, 4.69) is 15.6 Å². The fraction of sp³-hybridized carbons (Fsp3) is 0.350. The number of aromatic amines is 1.